The molecule has 0 aliphatic heterocycles. The number of methoxy groups -OCH3 is 2. The number of hydrogen-bond acceptors (Lipinski definition) is 5. The second-order valence-electron chi connectivity index (χ2n) is 5.19. The number of halogens is 2. The molecule has 0 spiro atoms. The van der Waals surface area contributed by atoms with E-state index in [-0.39, 0.29) is 6.61 Å². The standard InChI is InChI=1S/C18H15Cl2NO4/c1-23-15-6-3-10(7-16(15)24-2)18-13(9-22)17(21-25-18)12-8-11(19)4-5-14(12)20/h3-8,22H,9H2,1-2H3. The molecule has 0 atom stereocenters. The monoisotopic (exact) mass is 379 g/mol. The molecule has 25 heavy (non-hydrogen) atoms. The second-order valence-corrected chi connectivity index (χ2v) is 6.03. The molecule has 1 heterocycles. The molecule has 0 aliphatic rings. The van der Waals surface area contributed by atoms with Crippen molar-refractivity contribution in [2.24, 2.45) is 0 Å². The third kappa shape index (κ3) is 3.31. The summed E-state index contributed by atoms with van der Waals surface area (Å²) in [5.74, 6) is 1.56. The van der Waals surface area contributed by atoms with E-state index in [4.69, 9.17) is 37.2 Å². The maximum atomic E-state index is 9.87. The Balaban J connectivity index is 2.14. The average Bonchev–Trinajstić information content (AvgIpc) is 3.06. The smallest absolute Gasteiger partial charge is 0.173 e. The lowest BCUT2D eigenvalue weighted by molar-refractivity contribution is 0.281. The van der Waals surface area contributed by atoms with Crippen molar-refractivity contribution in [1.82, 2.24) is 5.16 Å². The van der Waals surface area contributed by atoms with E-state index in [1.54, 1.807) is 50.6 Å². The van der Waals surface area contributed by atoms with E-state index in [1.807, 2.05) is 0 Å². The van der Waals surface area contributed by atoms with Crippen LogP contribution in [-0.2, 0) is 6.61 Å². The molecule has 3 rings (SSSR count). The highest BCUT2D eigenvalue weighted by Gasteiger charge is 2.21. The highest BCUT2D eigenvalue weighted by atomic mass is 35.5. The van der Waals surface area contributed by atoms with Crippen LogP contribution < -0.4 is 9.47 Å². The van der Waals surface area contributed by atoms with Gasteiger partial charge in [-0.15, -0.1) is 0 Å². The van der Waals surface area contributed by atoms with Crippen LogP contribution in [0.15, 0.2) is 40.9 Å². The molecule has 0 bridgehead atoms. The van der Waals surface area contributed by atoms with E-state index in [0.717, 1.165) is 0 Å². The number of aliphatic hydroxyl groups is 1. The van der Waals surface area contributed by atoms with E-state index < -0.39 is 0 Å². The molecule has 1 aromatic heterocycles. The Hall–Kier alpha value is -2.21. The fourth-order valence-corrected chi connectivity index (χ4v) is 2.93. The molecule has 130 valence electrons. The Kier molecular flexibility index (Phi) is 5.18. The molecule has 0 aliphatic carbocycles. The van der Waals surface area contributed by atoms with Crippen LogP contribution >= 0.6 is 23.2 Å². The van der Waals surface area contributed by atoms with Crippen molar-refractivity contribution in [3.8, 4) is 34.1 Å². The predicted molar refractivity (Wildman–Crippen MR) is 96.4 cm³/mol. The zero-order chi connectivity index (χ0) is 18.0. The van der Waals surface area contributed by atoms with Crippen LogP contribution in [0.4, 0.5) is 0 Å². The minimum absolute atomic E-state index is 0.272. The number of rotatable bonds is 5. The van der Waals surface area contributed by atoms with Gasteiger partial charge < -0.3 is 19.1 Å². The van der Waals surface area contributed by atoms with Gasteiger partial charge in [0.1, 0.15) is 5.69 Å². The Bertz CT molecular complexity index is 908. The Morgan fingerprint density at radius 2 is 1.80 bits per heavy atom. The van der Waals surface area contributed by atoms with Gasteiger partial charge >= 0.3 is 0 Å². The van der Waals surface area contributed by atoms with Crippen LogP contribution in [-0.4, -0.2) is 24.5 Å². The van der Waals surface area contributed by atoms with Crippen molar-refractivity contribution in [2.75, 3.05) is 14.2 Å². The minimum Gasteiger partial charge on any atom is -0.493 e. The van der Waals surface area contributed by atoms with Gasteiger partial charge in [-0.05, 0) is 36.4 Å². The quantitative estimate of drug-likeness (QED) is 0.687. The van der Waals surface area contributed by atoms with Gasteiger partial charge in [-0.25, -0.2) is 0 Å². The molecule has 7 heteroatoms. The molecular formula is C18H15Cl2NO4. The van der Waals surface area contributed by atoms with Crippen LogP contribution in [0.25, 0.3) is 22.6 Å². The highest BCUT2D eigenvalue weighted by Crippen LogP contribution is 2.39. The summed E-state index contributed by atoms with van der Waals surface area (Å²) in [5, 5.41) is 14.9. The van der Waals surface area contributed by atoms with Crippen molar-refractivity contribution in [2.45, 2.75) is 6.61 Å². The van der Waals surface area contributed by atoms with E-state index >= 15 is 0 Å². The van der Waals surface area contributed by atoms with Crippen molar-refractivity contribution in [3.05, 3.63) is 52.0 Å². The molecule has 0 radical (unpaired) electrons. The van der Waals surface area contributed by atoms with E-state index in [1.165, 1.54) is 0 Å². The summed E-state index contributed by atoms with van der Waals surface area (Å²) in [7, 11) is 3.11. The highest BCUT2D eigenvalue weighted by molar-refractivity contribution is 6.35. The van der Waals surface area contributed by atoms with Gasteiger partial charge in [-0.2, -0.15) is 0 Å². The summed E-state index contributed by atoms with van der Waals surface area (Å²) in [6.07, 6.45) is 0. The van der Waals surface area contributed by atoms with Gasteiger partial charge in [0.25, 0.3) is 0 Å². The van der Waals surface area contributed by atoms with E-state index in [9.17, 15) is 5.11 Å². The number of nitrogens with zero attached hydrogens (tertiary/aromatic N) is 1. The van der Waals surface area contributed by atoms with Gasteiger partial charge in [0.15, 0.2) is 17.3 Å². The SMILES string of the molecule is COc1ccc(-c2onc(-c3cc(Cl)ccc3Cl)c2CO)cc1OC. The molecule has 3 aromatic rings. The van der Waals surface area contributed by atoms with Crippen molar-refractivity contribution >= 4 is 23.2 Å². The van der Waals surface area contributed by atoms with Crippen molar-refractivity contribution < 1.29 is 19.1 Å². The summed E-state index contributed by atoms with van der Waals surface area (Å²) in [4.78, 5) is 0. The fraction of sp³-hybridized carbons (Fsp3) is 0.167. The Labute approximate surface area is 154 Å². The van der Waals surface area contributed by atoms with Gasteiger partial charge in [-0.1, -0.05) is 28.4 Å². The van der Waals surface area contributed by atoms with Crippen LogP contribution in [0.5, 0.6) is 11.5 Å². The van der Waals surface area contributed by atoms with Gasteiger partial charge in [-0.3, -0.25) is 0 Å². The summed E-state index contributed by atoms with van der Waals surface area (Å²) < 4.78 is 16.0. The lowest BCUT2D eigenvalue weighted by Gasteiger charge is -2.09. The Morgan fingerprint density at radius 1 is 1.04 bits per heavy atom. The van der Waals surface area contributed by atoms with Crippen molar-refractivity contribution in [1.29, 1.82) is 0 Å². The molecule has 0 unspecified atom stereocenters. The molecular weight excluding hydrogens is 365 g/mol. The van der Waals surface area contributed by atoms with E-state index in [2.05, 4.69) is 5.16 Å². The first-order chi connectivity index (χ1) is 12.1. The molecule has 5 nitrogen and oxygen atoms in total. The number of ether oxygens (including phenoxy) is 2. The molecule has 0 saturated heterocycles. The minimum atomic E-state index is -0.272. The normalized spacial score (nSPS) is 10.8. The maximum absolute atomic E-state index is 9.87. The molecule has 0 amide bonds. The number of hydrogen-bond donors (Lipinski definition) is 1. The predicted octanol–water partition coefficient (Wildman–Crippen LogP) is 4.82. The lowest BCUT2D eigenvalue weighted by atomic mass is 10.0. The van der Waals surface area contributed by atoms with Gasteiger partial charge in [0.2, 0.25) is 0 Å². The summed E-state index contributed by atoms with van der Waals surface area (Å²) in [5.41, 5.74) is 2.24. The summed E-state index contributed by atoms with van der Waals surface area (Å²) >= 11 is 12.3. The first kappa shape index (κ1) is 17.6. The Morgan fingerprint density at radius 3 is 2.48 bits per heavy atom. The van der Waals surface area contributed by atoms with Gasteiger partial charge in [0, 0.05) is 16.1 Å². The first-order valence-electron chi connectivity index (χ1n) is 7.36. The van der Waals surface area contributed by atoms with Crippen LogP contribution in [0.2, 0.25) is 10.0 Å². The topological polar surface area (TPSA) is 64.7 Å². The second kappa shape index (κ2) is 7.35. The van der Waals surface area contributed by atoms with Crippen LogP contribution in [0, 0.1) is 0 Å². The van der Waals surface area contributed by atoms with Crippen LogP contribution in [0.3, 0.4) is 0 Å². The third-order valence-electron chi connectivity index (χ3n) is 3.78. The average molecular weight is 380 g/mol. The number of aliphatic hydroxyl groups excluding tert-OH is 1. The molecule has 2 aromatic carbocycles. The molecule has 0 saturated carbocycles. The number of benzene rings is 2. The van der Waals surface area contributed by atoms with Crippen molar-refractivity contribution in [3.63, 3.8) is 0 Å². The fourth-order valence-electron chi connectivity index (χ4n) is 2.55. The molecule has 1 N–H and O–H groups in total. The summed E-state index contributed by atoms with van der Waals surface area (Å²) in [6.45, 7) is -0.272. The zero-order valence-electron chi connectivity index (χ0n) is 13.5. The zero-order valence-corrected chi connectivity index (χ0v) is 15.1. The van der Waals surface area contributed by atoms with E-state index in [0.29, 0.717) is 49.7 Å². The number of aromatic nitrogens is 1. The molecule has 0 fully saturated rings. The van der Waals surface area contributed by atoms with Gasteiger partial charge in [0.05, 0.1) is 31.4 Å². The summed E-state index contributed by atoms with van der Waals surface area (Å²) in [6, 6.07) is 10.3. The third-order valence-corrected chi connectivity index (χ3v) is 4.34. The maximum Gasteiger partial charge on any atom is 0.173 e. The largest absolute Gasteiger partial charge is 0.493 e. The van der Waals surface area contributed by atoms with Crippen LogP contribution in [0.1, 0.15) is 5.56 Å². The first-order valence-corrected chi connectivity index (χ1v) is 8.11. The lowest BCUT2D eigenvalue weighted by Crippen LogP contribution is -1.93.